The SMILES string of the molecule is N#Cc1cccc(-c2cc(-n3c4ccccc4c4ccccc43)ccc2-c2nc(-c3cccc(-c4ccccc4C#N)c3)nc(-c3ccc(-n4c5ccccc5c5ccccc54)cc3-c3cccc(C#N)c3)n2)c1. The lowest BCUT2D eigenvalue weighted by Gasteiger charge is -2.17. The quantitative estimate of drug-likeness (QED) is 0.150. The molecule has 74 heavy (non-hydrogen) atoms. The van der Waals surface area contributed by atoms with Crippen LogP contribution in [-0.4, -0.2) is 24.1 Å². The lowest BCUT2D eigenvalue weighted by molar-refractivity contribution is 1.07. The third kappa shape index (κ3) is 7.33. The highest BCUT2D eigenvalue weighted by molar-refractivity contribution is 6.10. The van der Waals surface area contributed by atoms with Crippen molar-refractivity contribution >= 4 is 43.6 Å². The van der Waals surface area contributed by atoms with Gasteiger partial charge in [0.2, 0.25) is 0 Å². The van der Waals surface area contributed by atoms with Crippen LogP contribution in [-0.2, 0) is 0 Å². The number of aromatic nitrogens is 5. The molecule has 8 nitrogen and oxygen atoms in total. The second-order valence-electron chi connectivity index (χ2n) is 18.1. The maximum atomic E-state index is 10.2. The minimum absolute atomic E-state index is 0.419. The molecule has 8 heteroatoms. The topological polar surface area (TPSA) is 120 Å². The Kier molecular flexibility index (Phi) is 10.5. The largest absolute Gasteiger partial charge is 0.309 e. The van der Waals surface area contributed by atoms with Crippen LogP contribution in [0.3, 0.4) is 0 Å². The first-order valence-corrected chi connectivity index (χ1v) is 24.2. The predicted molar refractivity (Wildman–Crippen MR) is 295 cm³/mol. The van der Waals surface area contributed by atoms with Gasteiger partial charge in [-0.2, -0.15) is 15.8 Å². The van der Waals surface area contributed by atoms with Crippen LogP contribution in [0.15, 0.2) is 231 Å². The van der Waals surface area contributed by atoms with Gasteiger partial charge in [-0.15, -0.1) is 0 Å². The third-order valence-corrected chi connectivity index (χ3v) is 13.9. The maximum Gasteiger partial charge on any atom is 0.164 e. The molecule has 0 N–H and O–H groups in total. The molecule has 0 amide bonds. The zero-order valence-electron chi connectivity index (χ0n) is 39.5. The highest BCUT2D eigenvalue weighted by Gasteiger charge is 2.22. The van der Waals surface area contributed by atoms with Crippen LogP contribution in [0.2, 0.25) is 0 Å². The Bertz CT molecular complexity index is 4210. The fourth-order valence-electron chi connectivity index (χ4n) is 10.5. The molecule has 10 aromatic carbocycles. The van der Waals surface area contributed by atoms with Crippen molar-refractivity contribution in [2.24, 2.45) is 0 Å². The Morgan fingerprint density at radius 1 is 0.284 bits per heavy atom. The lowest BCUT2D eigenvalue weighted by atomic mass is 9.95. The van der Waals surface area contributed by atoms with E-state index in [0.29, 0.717) is 34.2 Å². The van der Waals surface area contributed by atoms with E-state index in [2.05, 4.69) is 161 Å². The van der Waals surface area contributed by atoms with Crippen LogP contribution in [0.25, 0.3) is 123 Å². The van der Waals surface area contributed by atoms with E-state index in [4.69, 9.17) is 15.0 Å². The molecule has 13 rings (SSSR count). The van der Waals surface area contributed by atoms with Crippen molar-refractivity contribution in [3.05, 3.63) is 247 Å². The molecule has 0 spiro atoms. The van der Waals surface area contributed by atoms with Gasteiger partial charge < -0.3 is 9.13 Å². The minimum Gasteiger partial charge on any atom is -0.309 e. The van der Waals surface area contributed by atoms with Crippen LogP contribution in [0.4, 0.5) is 0 Å². The molecule has 0 saturated heterocycles. The monoisotopic (exact) mass is 942 g/mol. The van der Waals surface area contributed by atoms with E-state index in [1.54, 1.807) is 0 Å². The van der Waals surface area contributed by atoms with Crippen LogP contribution < -0.4 is 0 Å². The molecular weight excluding hydrogens is 905 g/mol. The summed E-state index contributed by atoms with van der Waals surface area (Å²) in [5.41, 5.74) is 14.9. The van der Waals surface area contributed by atoms with Gasteiger partial charge in [-0.25, -0.2) is 15.0 Å². The number of hydrogen-bond donors (Lipinski definition) is 0. The first kappa shape index (κ1) is 43.3. The van der Waals surface area contributed by atoms with Gasteiger partial charge in [-0.05, 0) is 130 Å². The van der Waals surface area contributed by atoms with Crippen molar-refractivity contribution in [3.63, 3.8) is 0 Å². The molecule has 0 aliphatic carbocycles. The number of hydrogen-bond acceptors (Lipinski definition) is 6. The standard InChI is InChI=1S/C66H38N8/c67-39-42-14-11-17-44(34-42)58-37-49(73-60-26-7-3-22-52(60)53-23-4-8-27-61(53)73)30-32-56(58)65-70-64(47-20-13-19-46(36-47)51-21-2-1-16-48(51)41-69)71-66(72-65)57-33-31-50(38-59(57)45-18-12-15-43(35-45)40-68)74-62-28-9-5-24-54(62)55-25-6-10-29-63(55)74/h1-38H. The van der Waals surface area contributed by atoms with Crippen molar-refractivity contribution in [1.82, 2.24) is 24.1 Å². The minimum atomic E-state index is 0.419. The van der Waals surface area contributed by atoms with Crippen molar-refractivity contribution in [2.45, 2.75) is 0 Å². The number of fused-ring (bicyclic) bond motifs is 6. The van der Waals surface area contributed by atoms with Gasteiger partial charge in [0, 0.05) is 49.6 Å². The van der Waals surface area contributed by atoms with Crippen molar-refractivity contribution in [1.29, 1.82) is 15.8 Å². The van der Waals surface area contributed by atoms with E-state index in [1.165, 1.54) is 0 Å². The molecule has 0 unspecified atom stereocenters. The molecule has 0 radical (unpaired) electrons. The summed E-state index contributed by atoms with van der Waals surface area (Å²) in [4.78, 5) is 16.1. The van der Waals surface area contributed by atoms with Gasteiger partial charge in [-0.3, -0.25) is 0 Å². The van der Waals surface area contributed by atoms with Crippen LogP contribution >= 0.6 is 0 Å². The van der Waals surface area contributed by atoms with Crippen LogP contribution in [0, 0.1) is 34.0 Å². The van der Waals surface area contributed by atoms with Crippen molar-refractivity contribution in [3.8, 4) is 97.1 Å². The molecule has 3 aromatic heterocycles. The number of benzene rings is 10. The lowest BCUT2D eigenvalue weighted by Crippen LogP contribution is -2.04. The summed E-state index contributed by atoms with van der Waals surface area (Å²) in [6.45, 7) is 0. The highest BCUT2D eigenvalue weighted by atomic mass is 15.0. The van der Waals surface area contributed by atoms with Crippen LogP contribution in [0.5, 0.6) is 0 Å². The number of rotatable bonds is 8. The van der Waals surface area contributed by atoms with Gasteiger partial charge >= 0.3 is 0 Å². The smallest absolute Gasteiger partial charge is 0.164 e. The van der Waals surface area contributed by atoms with E-state index in [0.717, 1.165) is 105 Å². The van der Waals surface area contributed by atoms with Crippen molar-refractivity contribution < 1.29 is 0 Å². The fraction of sp³-hybridized carbons (Fsp3) is 0. The number of nitriles is 3. The first-order chi connectivity index (χ1) is 36.5. The molecule has 0 saturated carbocycles. The van der Waals surface area contributed by atoms with E-state index < -0.39 is 0 Å². The Morgan fingerprint density at radius 2 is 0.676 bits per heavy atom. The molecule has 0 aliphatic heterocycles. The number of para-hydroxylation sites is 4. The van der Waals surface area contributed by atoms with Gasteiger partial charge in [0.25, 0.3) is 0 Å². The zero-order chi connectivity index (χ0) is 49.7. The molecule has 0 aliphatic rings. The summed E-state index contributed by atoms with van der Waals surface area (Å²) in [5, 5.41) is 35.1. The van der Waals surface area contributed by atoms with E-state index in [9.17, 15) is 15.8 Å². The van der Waals surface area contributed by atoms with Gasteiger partial charge in [-0.1, -0.05) is 133 Å². The Hall–Kier alpha value is -10.7. The Morgan fingerprint density at radius 3 is 1.14 bits per heavy atom. The second kappa shape index (κ2) is 17.9. The summed E-state index contributed by atoms with van der Waals surface area (Å²) >= 11 is 0. The summed E-state index contributed by atoms with van der Waals surface area (Å²) in [6, 6.07) is 84.2. The summed E-state index contributed by atoms with van der Waals surface area (Å²) in [6.07, 6.45) is 0. The predicted octanol–water partition coefficient (Wildman–Crippen LogP) is 15.7. The molecule has 342 valence electrons. The summed E-state index contributed by atoms with van der Waals surface area (Å²) < 4.78 is 4.56. The van der Waals surface area contributed by atoms with Gasteiger partial charge in [0.05, 0.1) is 57.0 Å². The van der Waals surface area contributed by atoms with E-state index in [1.807, 2.05) is 97.1 Å². The third-order valence-electron chi connectivity index (χ3n) is 13.9. The molecule has 0 fully saturated rings. The first-order valence-electron chi connectivity index (χ1n) is 24.2. The summed E-state index contributed by atoms with van der Waals surface area (Å²) in [7, 11) is 0. The van der Waals surface area contributed by atoms with Crippen molar-refractivity contribution in [2.75, 3.05) is 0 Å². The van der Waals surface area contributed by atoms with E-state index >= 15 is 0 Å². The molecule has 0 atom stereocenters. The molecule has 3 heterocycles. The Labute approximate surface area is 425 Å². The molecule has 0 bridgehead atoms. The molecular formula is C66H38N8. The maximum absolute atomic E-state index is 10.2. The Balaban J connectivity index is 1.08. The second-order valence-corrected chi connectivity index (χ2v) is 18.1. The van der Waals surface area contributed by atoms with Crippen LogP contribution in [0.1, 0.15) is 16.7 Å². The highest BCUT2D eigenvalue weighted by Crippen LogP contribution is 2.41. The average molecular weight is 943 g/mol. The average Bonchev–Trinajstić information content (AvgIpc) is 4.02. The summed E-state index contributed by atoms with van der Waals surface area (Å²) in [5.74, 6) is 1.26. The normalized spacial score (nSPS) is 11.2. The van der Waals surface area contributed by atoms with E-state index in [-0.39, 0.29) is 0 Å². The number of nitrogens with zero attached hydrogens (tertiary/aromatic N) is 8. The van der Waals surface area contributed by atoms with Gasteiger partial charge in [0.1, 0.15) is 0 Å². The zero-order valence-corrected chi connectivity index (χ0v) is 39.5. The fourth-order valence-corrected chi connectivity index (χ4v) is 10.5. The molecule has 13 aromatic rings. The van der Waals surface area contributed by atoms with Gasteiger partial charge in [0.15, 0.2) is 17.5 Å².